The summed E-state index contributed by atoms with van der Waals surface area (Å²) in [5.74, 6) is -3.71. The minimum absolute atomic E-state index is 0.0282. The summed E-state index contributed by atoms with van der Waals surface area (Å²) in [6, 6.07) is 4.96. The molecule has 26 heavy (non-hydrogen) atoms. The molecule has 0 spiro atoms. The van der Waals surface area contributed by atoms with Crippen molar-refractivity contribution in [2.45, 2.75) is 26.4 Å². The number of nitrogens with two attached hydrogens (primary N) is 1. The predicted octanol–water partition coefficient (Wildman–Crippen LogP) is 3.07. The van der Waals surface area contributed by atoms with Gasteiger partial charge in [0, 0.05) is 0 Å². The predicted molar refractivity (Wildman–Crippen MR) is 83.0 cm³/mol. The van der Waals surface area contributed by atoms with E-state index in [2.05, 4.69) is 4.74 Å². The van der Waals surface area contributed by atoms with Crippen molar-refractivity contribution in [2.75, 3.05) is 6.61 Å². The fourth-order valence-electron chi connectivity index (χ4n) is 2.58. The second kappa shape index (κ2) is 7.82. The van der Waals surface area contributed by atoms with Gasteiger partial charge in [0.25, 0.3) is 0 Å². The van der Waals surface area contributed by atoms with Crippen LogP contribution in [0.15, 0.2) is 41.0 Å². The molecule has 1 atom stereocenters. The van der Waals surface area contributed by atoms with Crippen LogP contribution < -0.4 is 10.5 Å². The first-order chi connectivity index (χ1) is 12.3. The number of ether oxygens (including phenoxy) is 3. The molecule has 1 aliphatic rings. The van der Waals surface area contributed by atoms with Crippen LogP contribution in [-0.4, -0.2) is 19.2 Å². The van der Waals surface area contributed by atoms with Crippen molar-refractivity contribution in [2.24, 2.45) is 5.73 Å². The SMILES string of the molecule is CCOC(=O)C1=C(C)OC(N)=C(C#N)C1c1ccc(OC(F)F)c(F)c1. The van der Waals surface area contributed by atoms with Gasteiger partial charge < -0.3 is 19.9 Å². The molecule has 1 unspecified atom stereocenters. The molecule has 0 radical (unpaired) electrons. The minimum Gasteiger partial charge on any atom is -0.463 e. The smallest absolute Gasteiger partial charge is 0.387 e. The van der Waals surface area contributed by atoms with E-state index in [4.69, 9.17) is 15.2 Å². The summed E-state index contributed by atoms with van der Waals surface area (Å²) in [7, 11) is 0. The van der Waals surface area contributed by atoms with E-state index >= 15 is 0 Å². The highest BCUT2D eigenvalue weighted by Gasteiger charge is 2.36. The number of nitrogens with zero attached hydrogens (tertiary/aromatic N) is 1. The average molecular weight is 368 g/mol. The molecule has 0 bridgehead atoms. The Morgan fingerprint density at radius 3 is 2.69 bits per heavy atom. The third kappa shape index (κ3) is 3.74. The Kier molecular flexibility index (Phi) is 5.77. The largest absolute Gasteiger partial charge is 0.463 e. The van der Waals surface area contributed by atoms with Gasteiger partial charge in [-0.05, 0) is 31.5 Å². The monoisotopic (exact) mass is 368 g/mol. The normalized spacial score (nSPS) is 17.0. The Balaban J connectivity index is 2.57. The first-order valence-electron chi connectivity index (χ1n) is 7.49. The zero-order valence-corrected chi connectivity index (χ0v) is 13.9. The third-order valence-corrected chi connectivity index (χ3v) is 3.61. The van der Waals surface area contributed by atoms with E-state index in [0.29, 0.717) is 0 Å². The topological polar surface area (TPSA) is 94.6 Å². The summed E-state index contributed by atoms with van der Waals surface area (Å²) in [5, 5.41) is 9.39. The zero-order valence-electron chi connectivity index (χ0n) is 13.9. The molecule has 0 amide bonds. The first-order valence-corrected chi connectivity index (χ1v) is 7.49. The van der Waals surface area contributed by atoms with E-state index in [0.717, 1.165) is 12.1 Å². The number of alkyl halides is 2. The number of carbonyl (C=O) groups excluding carboxylic acids is 1. The lowest BCUT2D eigenvalue weighted by Crippen LogP contribution is -2.25. The molecule has 2 N–H and O–H groups in total. The first kappa shape index (κ1) is 19.2. The fourth-order valence-corrected chi connectivity index (χ4v) is 2.58. The molecule has 1 heterocycles. The number of halogens is 3. The highest BCUT2D eigenvalue weighted by molar-refractivity contribution is 5.92. The van der Waals surface area contributed by atoms with Gasteiger partial charge in [-0.1, -0.05) is 6.07 Å². The Bertz CT molecular complexity index is 828. The second-order valence-corrected chi connectivity index (χ2v) is 5.18. The van der Waals surface area contributed by atoms with Crippen molar-refractivity contribution in [3.05, 3.63) is 52.4 Å². The number of hydrogen-bond donors (Lipinski definition) is 1. The maximum atomic E-state index is 14.1. The van der Waals surface area contributed by atoms with Crippen molar-refractivity contribution in [1.29, 1.82) is 5.26 Å². The van der Waals surface area contributed by atoms with Gasteiger partial charge in [0.15, 0.2) is 11.6 Å². The molecule has 0 aromatic heterocycles. The number of hydrogen-bond acceptors (Lipinski definition) is 6. The van der Waals surface area contributed by atoms with Gasteiger partial charge in [-0.2, -0.15) is 14.0 Å². The zero-order chi connectivity index (χ0) is 19.4. The van der Waals surface area contributed by atoms with Gasteiger partial charge >= 0.3 is 12.6 Å². The van der Waals surface area contributed by atoms with Gasteiger partial charge in [-0.15, -0.1) is 0 Å². The number of nitriles is 1. The molecule has 2 rings (SSSR count). The molecule has 1 aromatic rings. The third-order valence-electron chi connectivity index (χ3n) is 3.61. The summed E-state index contributed by atoms with van der Waals surface area (Å²) < 4.78 is 52.9. The lowest BCUT2D eigenvalue weighted by molar-refractivity contribution is -0.139. The lowest BCUT2D eigenvalue weighted by atomic mass is 9.83. The molecule has 6 nitrogen and oxygen atoms in total. The highest BCUT2D eigenvalue weighted by atomic mass is 19.3. The van der Waals surface area contributed by atoms with Crippen LogP contribution in [0.3, 0.4) is 0 Å². The number of benzene rings is 1. The Morgan fingerprint density at radius 1 is 1.46 bits per heavy atom. The van der Waals surface area contributed by atoms with Gasteiger partial charge in [0.05, 0.1) is 18.1 Å². The molecule has 9 heteroatoms. The summed E-state index contributed by atoms with van der Waals surface area (Å²) in [4.78, 5) is 12.3. The van der Waals surface area contributed by atoms with Crippen LogP contribution in [0, 0.1) is 17.1 Å². The maximum absolute atomic E-state index is 14.1. The van der Waals surface area contributed by atoms with Gasteiger partial charge in [0.2, 0.25) is 5.88 Å². The standard InChI is InChI=1S/C17H15F3N2O4/c1-3-24-16(23)13-8(2)25-15(22)10(7-21)14(13)9-4-5-12(11(18)6-9)26-17(19)20/h4-6,14,17H,3,22H2,1-2H3. The molecule has 0 saturated carbocycles. The number of allylic oxidation sites excluding steroid dienone is 2. The van der Waals surface area contributed by atoms with Crippen molar-refractivity contribution >= 4 is 5.97 Å². The Morgan fingerprint density at radius 2 is 2.15 bits per heavy atom. The van der Waals surface area contributed by atoms with E-state index < -0.39 is 30.1 Å². The van der Waals surface area contributed by atoms with Crippen molar-refractivity contribution in [3.63, 3.8) is 0 Å². The van der Waals surface area contributed by atoms with Crippen molar-refractivity contribution in [1.82, 2.24) is 0 Å². The highest BCUT2D eigenvalue weighted by Crippen LogP contribution is 2.40. The quantitative estimate of drug-likeness (QED) is 0.803. The molecule has 138 valence electrons. The Hall–Kier alpha value is -3.15. The summed E-state index contributed by atoms with van der Waals surface area (Å²) in [5.41, 5.74) is 5.69. The van der Waals surface area contributed by atoms with Crippen LogP contribution >= 0.6 is 0 Å². The van der Waals surface area contributed by atoms with E-state index in [1.807, 2.05) is 6.07 Å². The van der Waals surface area contributed by atoms with Crippen LogP contribution in [0.1, 0.15) is 25.3 Å². The van der Waals surface area contributed by atoms with Crippen LogP contribution in [0.25, 0.3) is 0 Å². The van der Waals surface area contributed by atoms with Crippen LogP contribution in [0.5, 0.6) is 5.75 Å². The fraction of sp³-hybridized carbons (Fsp3) is 0.294. The van der Waals surface area contributed by atoms with Crippen LogP contribution in [0.4, 0.5) is 13.2 Å². The van der Waals surface area contributed by atoms with Gasteiger partial charge in [-0.25, -0.2) is 9.18 Å². The van der Waals surface area contributed by atoms with Crippen molar-refractivity contribution < 1.29 is 32.2 Å². The molecule has 1 aromatic carbocycles. The van der Waals surface area contributed by atoms with Crippen LogP contribution in [0.2, 0.25) is 0 Å². The maximum Gasteiger partial charge on any atom is 0.387 e. The van der Waals surface area contributed by atoms with E-state index in [-0.39, 0.29) is 35.0 Å². The summed E-state index contributed by atoms with van der Waals surface area (Å²) in [6.07, 6.45) is 0. The number of esters is 1. The molecule has 0 saturated heterocycles. The molecule has 0 aliphatic carbocycles. The Labute approximate surface area is 147 Å². The van der Waals surface area contributed by atoms with Gasteiger partial charge in [-0.3, -0.25) is 0 Å². The summed E-state index contributed by atoms with van der Waals surface area (Å²) >= 11 is 0. The van der Waals surface area contributed by atoms with E-state index in [1.165, 1.54) is 13.0 Å². The van der Waals surface area contributed by atoms with E-state index in [9.17, 15) is 23.2 Å². The number of rotatable bonds is 5. The number of carbonyl (C=O) groups is 1. The van der Waals surface area contributed by atoms with Crippen LogP contribution in [-0.2, 0) is 14.3 Å². The van der Waals surface area contributed by atoms with Crippen molar-refractivity contribution in [3.8, 4) is 11.8 Å². The minimum atomic E-state index is -3.19. The molecule has 1 aliphatic heterocycles. The summed E-state index contributed by atoms with van der Waals surface area (Å²) in [6.45, 7) is -0.0807. The molecule has 0 fully saturated rings. The van der Waals surface area contributed by atoms with E-state index in [1.54, 1.807) is 6.92 Å². The molecular weight excluding hydrogens is 353 g/mol. The lowest BCUT2D eigenvalue weighted by Gasteiger charge is -2.27. The second-order valence-electron chi connectivity index (χ2n) is 5.18. The van der Waals surface area contributed by atoms with Gasteiger partial charge in [0.1, 0.15) is 17.4 Å². The average Bonchev–Trinajstić information content (AvgIpc) is 2.55. The molecular formula is C17H15F3N2O4.